The molecule has 0 bridgehead atoms. The third kappa shape index (κ3) is 6.30. The highest BCUT2D eigenvalue weighted by Crippen LogP contribution is 2.06. The summed E-state index contributed by atoms with van der Waals surface area (Å²) in [5.74, 6) is 0.720. The Morgan fingerprint density at radius 2 is 1.88 bits per heavy atom. The Kier molecular flexibility index (Phi) is 6.41. The van der Waals surface area contributed by atoms with E-state index < -0.39 is 0 Å². The van der Waals surface area contributed by atoms with Crippen molar-refractivity contribution in [2.45, 2.75) is 20.3 Å². The van der Waals surface area contributed by atoms with Crippen LogP contribution < -0.4 is 4.74 Å². The molecule has 90 valence electrons. The van der Waals surface area contributed by atoms with Gasteiger partial charge in [-0.05, 0) is 31.0 Å². The zero-order chi connectivity index (χ0) is 12.3. The lowest BCUT2D eigenvalue weighted by Crippen LogP contribution is -1.96. The first-order valence-corrected chi connectivity index (χ1v) is 5.73. The van der Waals surface area contributed by atoms with Crippen molar-refractivity contribution in [3.8, 4) is 5.88 Å². The number of pyridine rings is 2. The summed E-state index contributed by atoms with van der Waals surface area (Å²) in [6.07, 6.45) is 6.33. The van der Waals surface area contributed by atoms with E-state index in [0.29, 0.717) is 0 Å². The molecule has 0 amide bonds. The molecule has 0 unspecified atom stereocenters. The first-order valence-electron chi connectivity index (χ1n) is 5.73. The van der Waals surface area contributed by atoms with Crippen LogP contribution in [0.15, 0.2) is 48.9 Å². The van der Waals surface area contributed by atoms with Crippen molar-refractivity contribution in [1.29, 1.82) is 0 Å². The van der Waals surface area contributed by atoms with Crippen LogP contribution in [-0.4, -0.2) is 16.6 Å². The van der Waals surface area contributed by atoms with E-state index in [2.05, 4.69) is 16.9 Å². The number of hydrogen-bond acceptors (Lipinski definition) is 3. The first kappa shape index (κ1) is 13.2. The molecular formula is C14H18N2O. The topological polar surface area (TPSA) is 35.0 Å². The van der Waals surface area contributed by atoms with Crippen LogP contribution in [0, 0.1) is 6.92 Å². The minimum Gasteiger partial charge on any atom is -0.478 e. The summed E-state index contributed by atoms with van der Waals surface area (Å²) in [5, 5.41) is 0. The Morgan fingerprint density at radius 1 is 1.12 bits per heavy atom. The van der Waals surface area contributed by atoms with Crippen molar-refractivity contribution >= 4 is 0 Å². The number of aryl methyl sites for hydroxylation is 1. The van der Waals surface area contributed by atoms with Gasteiger partial charge in [-0.15, -0.1) is 0 Å². The molecule has 3 heteroatoms. The summed E-state index contributed by atoms with van der Waals surface area (Å²) < 4.78 is 5.30. The number of rotatable bonds is 3. The second-order valence-electron chi connectivity index (χ2n) is 3.55. The van der Waals surface area contributed by atoms with E-state index >= 15 is 0 Å². The molecule has 17 heavy (non-hydrogen) atoms. The first-order chi connectivity index (χ1) is 8.33. The van der Waals surface area contributed by atoms with Crippen LogP contribution in [0.2, 0.25) is 0 Å². The fourth-order valence-corrected chi connectivity index (χ4v) is 1.06. The Bertz CT molecular complexity index is 360. The van der Waals surface area contributed by atoms with E-state index in [1.807, 2.05) is 43.5 Å². The summed E-state index contributed by atoms with van der Waals surface area (Å²) in [7, 11) is 0. The van der Waals surface area contributed by atoms with E-state index in [-0.39, 0.29) is 0 Å². The summed E-state index contributed by atoms with van der Waals surface area (Å²) in [4.78, 5) is 7.88. The SMILES string of the molecule is CCCOc1ccc(C)cn1.c1ccncc1. The van der Waals surface area contributed by atoms with Gasteiger partial charge in [-0.1, -0.05) is 19.1 Å². The van der Waals surface area contributed by atoms with Gasteiger partial charge in [0.25, 0.3) is 0 Å². The van der Waals surface area contributed by atoms with Crippen molar-refractivity contribution in [1.82, 2.24) is 9.97 Å². The molecule has 2 aromatic heterocycles. The average molecular weight is 230 g/mol. The summed E-state index contributed by atoms with van der Waals surface area (Å²) >= 11 is 0. The number of hydrogen-bond donors (Lipinski definition) is 0. The standard InChI is InChI=1S/C9H13NO.C5H5N/c1-3-6-11-9-5-4-8(2)7-10-9;1-2-4-6-5-3-1/h4-5,7H,3,6H2,1-2H3;1-5H. The van der Waals surface area contributed by atoms with Crippen molar-refractivity contribution in [3.63, 3.8) is 0 Å². The van der Waals surface area contributed by atoms with Gasteiger partial charge in [0, 0.05) is 24.7 Å². The normalized spacial score (nSPS) is 9.06. The van der Waals surface area contributed by atoms with Gasteiger partial charge in [0.1, 0.15) is 0 Å². The fourth-order valence-electron chi connectivity index (χ4n) is 1.06. The van der Waals surface area contributed by atoms with Gasteiger partial charge < -0.3 is 4.74 Å². The van der Waals surface area contributed by atoms with Crippen LogP contribution in [-0.2, 0) is 0 Å². The molecule has 3 nitrogen and oxygen atoms in total. The van der Waals surface area contributed by atoms with Crippen molar-refractivity contribution < 1.29 is 4.74 Å². The fraction of sp³-hybridized carbons (Fsp3) is 0.286. The predicted octanol–water partition coefficient (Wildman–Crippen LogP) is 3.26. The Labute approximate surface area is 103 Å². The molecule has 0 aliphatic rings. The van der Waals surface area contributed by atoms with E-state index in [9.17, 15) is 0 Å². The minimum atomic E-state index is 0.720. The van der Waals surface area contributed by atoms with Crippen LogP contribution in [0.5, 0.6) is 5.88 Å². The monoisotopic (exact) mass is 230 g/mol. The predicted molar refractivity (Wildman–Crippen MR) is 69.0 cm³/mol. The van der Waals surface area contributed by atoms with Crippen LogP contribution in [0.1, 0.15) is 18.9 Å². The van der Waals surface area contributed by atoms with Crippen LogP contribution in [0.4, 0.5) is 0 Å². The Morgan fingerprint density at radius 3 is 2.29 bits per heavy atom. The molecule has 0 saturated heterocycles. The van der Waals surface area contributed by atoms with Gasteiger partial charge in [0.2, 0.25) is 5.88 Å². The zero-order valence-corrected chi connectivity index (χ0v) is 10.3. The number of aromatic nitrogens is 2. The van der Waals surface area contributed by atoms with Gasteiger partial charge in [0.15, 0.2) is 0 Å². The Hall–Kier alpha value is -1.90. The molecule has 0 aromatic carbocycles. The molecule has 2 aromatic rings. The summed E-state index contributed by atoms with van der Waals surface area (Å²) in [6, 6.07) is 9.61. The number of nitrogens with zero attached hydrogens (tertiary/aromatic N) is 2. The molecule has 0 fully saturated rings. The molecule has 0 N–H and O–H groups in total. The summed E-state index contributed by atoms with van der Waals surface area (Å²) in [5.41, 5.74) is 1.16. The largest absolute Gasteiger partial charge is 0.478 e. The molecular weight excluding hydrogens is 212 g/mol. The quantitative estimate of drug-likeness (QED) is 0.811. The highest BCUT2D eigenvalue weighted by molar-refractivity contribution is 5.16. The minimum absolute atomic E-state index is 0.720. The molecule has 0 saturated carbocycles. The third-order valence-electron chi connectivity index (χ3n) is 1.90. The van der Waals surface area contributed by atoms with Gasteiger partial charge >= 0.3 is 0 Å². The number of ether oxygens (including phenoxy) is 1. The van der Waals surface area contributed by atoms with Gasteiger partial charge in [-0.3, -0.25) is 4.98 Å². The highest BCUT2D eigenvalue weighted by Gasteiger charge is 1.91. The molecule has 0 aliphatic carbocycles. The molecule has 0 radical (unpaired) electrons. The lowest BCUT2D eigenvalue weighted by atomic mass is 10.3. The zero-order valence-electron chi connectivity index (χ0n) is 10.3. The van der Waals surface area contributed by atoms with Crippen molar-refractivity contribution in [2.75, 3.05) is 6.61 Å². The molecule has 0 atom stereocenters. The maximum atomic E-state index is 5.30. The Balaban J connectivity index is 0.000000202. The smallest absolute Gasteiger partial charge is 0.213 e. The lowest BCUT2D eigenvalue weighted by molar-refractivity contribution is 0.305. The van der Waals surface area contributed by atoms with Crippen molar-refractivity contribution in [3.05, 3.63) is 54.5 Å². The van der Waals surface area contributed by atoms with E-state index in [1.54, 1.807) is 12.4 Å². The van der Waals surface area contributed by atoms with Gasteiger partial charge in [0.05, 0.1) is 6.61 Å². The molecule has 0 aliphatic heterocycles. The second kappa shape index (κ2) is 8.28. The maximum absolute atomic E-state index is 5.30. The highest BCUT2D eigenvalue weighted by atomic mass is 16.5. The van der Waals surface area contributed by atoms with Gasteiger partial charge in [-0.25, -0.2) is 4.98 Å². The molecule has 2 rings (SSSR count). The summed E-state index contributed by atoms with van der Waals surface area (Å²) in [6.45, 7) is 4.83. The maximum Gasteiger partial charge on any atom is 0.213 e. The van der Waals surface area contributed by atoms with Crippen LogP contribution in [0.3, 0.4) is 0 Å². The second-order valence-corrected chi connectivity index (χ2v) is 3.55. The van der Waals surface area contributed by atoms with Crippen molar-refractivity contribution in [2.24, 2.45) is 0 Å². The lowest BCUT2D eigenvalue weighted by Gasteiger charge is -2.01. The van der Waals surface area contributed by atoms with E-state index in [0.717, 1.165) is 24.5 Å². The van der Waals surface area contributed by atoms with Crippen LogP contribution in [0.25, 0.3) is 0 Å². The van der Waals surface area contributed by atoms with Gasteiger partial charge in [-0.2, -0.15) is 0 Å². The molecule has 2 heterocycles. The van der Waals surface area contributed by atoms with Crippen LogP contribution >= 0.6 is 0 Å². The van der Waals surface area contributed by atoms with E-state index in [4.69, 9.17) is 4.74 Å². The average Bonchev–Trinajstić information content (AvgIpc) is 2.41. The third-order valence-corrected chi connectivity index (χ3v) is 1.90. The molecule has 0 spiro atoms. The van der Waals surface area contributed by atoms with E-state index in [1.165, 1.54) is 0 Å².